The molecule has 1 aromatic rings. The fourth-order valence-electron chi connectivity index (χ4n) is 3.54. The van der Waals surface area contributed by atoms with Crippen molar-refractivity contribution in [2.24, 2.45) is 0 Å². The van der Waals surface area contributed by atoms with Gasteiger partial charge in [0.05, 0.1) is 13.0 Å². The lowest BCUT2D eigenvalue weighted by Crippen LogP contribution is -2.46. The molecule has 1 aromatic carbocycles. The molecule has 0 aliphatic carbocycles. The molecule has 1 N–H and O–H groups in total. The molecule has 2 aliphatic rings. The van der Waals surface area contributed by atoms with Gasteiger partial charge in [0, 0.05) is 25.8 Å². The van der Waals surface area contributed by atoms with E-state index in [1.165, 1.54) is 0 Å². The number of ether oxygens (including phenoxy) is 2. The van der Waals surface area contributed by atoms with E-state index in [1.807, 2.05) is 36.1 Å². The molecule has 3 rings (SSSR count). The largest absolute Gasteiger partial charge is 0.497 e. The van der Waals surface area contributed by atoms with Crippen LogP contribution in [0.5, 0.6) is 5.75 Å². The first kappa shape index (κ1) is 17.7. The Labute approximate surface area is 148 Å². The van der Waals surface area contributed by atoms with Crippen molar-refractivity contribution in [3.63, 3.8) is 0 Å². The van der Waals surface area contributed by atoms with Crippen LogP contribution in [-0.2, 0) is 14.3 Å². The van der Waals surface area contributed by atoms with Crippen molar-refractivity contribution in [2.75, 3.05) is 26.9 Å². The van der Waals surface area contributed by atoms with Crippen LogP contribution in [0.4, 0.5) is 0 Å². The van der Waals surface area contributed by atoms with E-state index in [2.05, 4.69) is 5.32 Å². The minimum absolute atomic E-state index is 0.0437. The Hall–Kier alpha value is -2.08. The molecule has 0 aromatic heterocycles. The number of hydrogen-bond acceptors (Lipinski definition) is 4. The highest BCUT2D eigenvalue weighted by Gasteiger charge is 2.37. The van der Waals surface area contributed by atoms with Crippen molar-refractivity contribution < 1.29 is 19.1 Å². The molecule has 2 aliphatic heterocycles. The molecular weight excluding hydrogens is 320 g/mol. The lowest BCUT2D eigenvalue weighted by atomic mass is 10.00. The second kappa shape index (κ2) is 7.87. The van der Waals surface area contributed by atoms with Gasteiger partial charge in [-0.3, -0.25) is 9.59 Å². The standard InChI is InChI=1S/C19H26N2O4/c1-13(14-3-5-16(24-2)6-4-14)18(22)20-17-7-10-21(19(17)23)15-8-11-25-12-9-15/h3-6,13,15,17H,7-12H2,1-2H3,(H,20,22). The highest BCUT2D eigenvalue weighted by molar-refractivity contribution is 5.91. The van der Waals surface area contributed by atoms with Gasteiger partial charge in [0.1, 0.15) is 11.8 Å². The number of benzene rings is 1. The number of hydrogen-bond donors (Lipinski definition) is 1. The van der Waals surface area contributed by atoms with E-state index >= 15 is 0 Å². The number of nitrogens with zero attached hydrogens (tertiary/aromatic N) is 1. The zero-order valence-electron chi connectivity index (χ0n) is 14.9. The highest BCUT2D eigenvalue weighted by atomic mass is 16.5. The Bertz CT molecular complexity index is 610. The first-order chi connectivity index (χ1) is 12.1. The number of likely N-dealkylation sites (tertiary alicyclic amines) is 1. The van der Waals surface area contributed by atoms with Gasteiger partial charge in [-0.2, -0.15) is 0 Å². The summed E-state index contributed by atoms with van der Waals surface area (Å²) in [4.78, 5) is 27.1. The van der Waals surface area contributed by atoms with Crippen LogP contribution in [0, 0.1) is 0 Å². The molecule has 2 fully saturated rings. The number of nitrogens with one attached hydrogen (secondary N) is 1. The first-order valence-electron chi connectivity index (χ1n) is 8.92. The van der Waals surface area contributed by atoms with Gasteiger partial charge in [-0.05, 0) is 43.9 Å². The Kier molecular flexibility index (Phi) is 5.58. The number of carbonyl (C=O) groups is 2. The van der Waals surface area contributed by atoms with Gasteiger partial charge in [0.15, 0.2) is 0 Å². The Balaban J connectivity index is 1.57. The highest BCUT2D eigenvalue weighted by Crippen LogP contribution is 2.23. The van der Waals surface area contributed by atoms with E-state index < -0.39 is 6.04 Å². The van der Waals surface area contributed by atoms with Gasteiger partial charge < -0.3 is 19.7 Å². The zero-order chi connectivity index (χ0) is 17.8. The Morgan fingerprint density at radius 1 is 1.24 bits per heavy atom. The molecule has 2 amide bonds. The average molecular weight is 346 g/mol. The Morgan fingerprint density at radius 2 is 1.92 bits per heavy atom. The van der Waals surface area contributed by atoms with Crippen LogP contribution in [0.15, 0.2) is 24.3 Å². The Morgan fingerprint density at radius 3 is 2.56 bits per heavy atom. The summed E-state index contributed by atoms with van der Waals surface area (Å²) in [5.74, 6) is 0.379. The van der Waals surface area contributed by atoms with Gasteiger partial charge in [-0.1, -0.05) is 12.1 Å². The van der Waals surface area contributed by atoms with E-state index in [-0.39, 0.29) is 23.8 Å². The fourth-order valence-corrected chi connectivity index (χ4v) is 3.54. The molecule has 6 heteroatoms. The van der Waals surface area contributed by atoms with Crippen molar-refractivity contribution in [1.29, 1.82) is 0 Å². The second-order valence-electron chi connectivity index (χ2n) is 6.72. The first-order valence-corrected chi connectivity index (χ1v) is 8.92. The van der Waals surface area contributed by atoms with Gasteiger partial charge in [-0.15, -0.1) is 0 Å². The summed E-state index contributed by atoms with van der Waals surface area (Å²) in [6, 6.07) is 7.29. The van der Waals surface area contributed by atoms with Crippen LogP contribution in [0.2, 0.25) is 0 Å². The van der Waals surface area contributed by atoms with Crippen LogP contribution < -0.4 is 10.1 Å². The molecule has 2 heterocycles. The predicted octanol–water partition coefficient (Wildman–Crippen LogP) is 1.69. The predicted molar refractivity (Wildman–Crippen MR) is 93.5 cm³/mol. The number of rotatable bonds is 5. The third-order valence-corrected chi connectivity index (χ3v) is 5.20. The fraction of sp³-hybridized carbons (Fsp3) is 0.579. The van der Waals surface area contributed by atoms with Gasteiger partial charge in [-0.25, -0.2) is 0 Å². The molecule has 2 atom stereocenters. The minimum atomic E-state index is -0.406. The lowest BCUT2D eigenvalue weighted by Gasteiger charge is -2.31. The average Bonchev–Trinajstić information content (AvgIpc) is 3.02. The van der Waals surface area contributed by atoms with Crippen LogP contribution in [0.25, 0.3) is 0 Å². The zero-order valence-corrected chi connectivity index (χ0v) is 14.9. The number of methoxy groups -OCH3 is 1. The summed E-state index contributed by atoms with van der Waals surface area (Å²) in [6.07, 6.45) is 2.45. The maximum Gasteiger partial charge on any atom is 0.245 e. The molecule has 0 radical (unpaired) electrons. The van der Waals surface area contributed by atoms with Crippen LogP contribution >= 0.6 is 0 Å². The van der Waals surface area contributed by atoms with Crippen molar-refractivity contribution in [2.45, 2.75) is 44.2 Å². The third kappa shape index (κ3) is 3.95. The maximum absolute atomic E-state index is 12.6. The molecule has 0 saturated carbocycles. The summed E-state index contributed by atoms with van der Waals surface area (Å²) >= 11 is 0. The molecular formula is C19H26N2O4. The SMILES string of the molecule is COc1ccc(C(C)C(=O)NC2CCN(C3CCOCC3)C2=O)cc1. The summed E-state index contributed by atoms with van der Waals surface area (Å²) < 4.78 is 10.5. The molecule has 0 spiro atoms. The molecule has 2 unspecified atom stereocenters. The molecule has 6 nitrogen and oxygen atoms in total. The van der Waals surface area contributed by atoms with Gasteiger partial charge in [0.25, 0.3) is 0 Å². The van der Waals surface area contributed by atoms with Gasteiger partial charge in [0.2, 0.25) is 11.8 Å². The topological polar surface area (TPSA) is 67.9 Å². The smallest absolute Gasteiger partial charge is 0.245 e. The molecule has 2 saturated heterocycles. The summed E-state index contributed by atoms with van der Waals surface area (Å²) in [5.41, 5.74) is 0.907. The van der Waals surface area contributed by atoms with Crippen molar-refractivity contribution >= 4 is 11.8 Å². The summed E-state index contributed by atoms with van der Waals surface area (Å²) in [5, 5.41) is 2.93. The van der Waals surface area contributed by atoms with E-state index in [9.17, 15) is 9.59 Å². The molecule has 0 bridgehead atoms. The lowest BCUT2D eigenvalue weighted by molar-refractivity contribution is -0.135. The van der Waals surface area contributed by atoms with Crippen LogP contribution in [0.1, 0.15) is 37.7 Å². The minimum Gasteiger partial charge on any atom is -0.497 e. The van der Waals surface area contributed by atoms with E-state index in [4.69, 9.17) is 9.47 Å². The third-order valence-electron chi connectivity index (χ3n) is 5.20. The van der Waals surface area contributed by atoms with Crippen LogP contribution in [0.3, 0.4) is 0 Å². The quantitative estimate of drug-likeness (QED) is 0.881. The number of carbonyl (C=O) groups excluding carboxylic acids is 2. The van der Waals surface area contributed by atoms with E-state index in [1.54, 1.807) is 7.11 Å². The van der Waals surface area contributed by atoms with E-state index in [0.29, 0.717) is 26.2 Å². The van der Waals surface area contributed by atoms with Gasteiger partial charge >= 0.3 is 0 Å². The summed E-state index contributed by atoms with van der Waals surface area (Å²) in [7, 11) is 1.61. The summed E-state index contributed by atoms with van der Waals surface area (Å²) in [6.45, 7) is 3.98. The maximum atomic E-state index is 12.6. The van der Waals surface area contributed by atoms with Crippen molar-refractivity contribution in [3.8, 4) is 5.75 Å². The van der Waals surface area contributed by atoms with E-state index in [0.717, 1.165) is 24.2 Å². The van der Waals surface area contributed by atoms with Crippen molar-refractivity contribution in [3.05, 3.63) is 29.8 Å². The number of amides is 2. The van der Waals surface area contributed by atoms with Crippen LogP contribution in [-0.4, -0.2) is 55.7 Å². The monoisotopic (exact) mass is 346 g/mol. The second-order valence-corrected chi connectivity index (χ2v) is 6.72. The normalized spacial score (nSPS) is 22.7. The molecule has 25 heavy (non-hydrogen) atoms. The molecule has 136 valence electrons. The van der Waals surface area contributed by atoms with Crippen molar-refractivity contribution in [1.82, 2.24) is 10.2 Å².